The van der Waals surface area contributed by atoms with Crippen molar-refractivity contribution in [1.29, 1.82) is 0 Å². The second-order valence-electron chi connectivity index (χ2n) is 6.19. The third-order valence-electron chi connectivity index (χ3n) is 4.13. The Morgan fingerprint density at radius 3 is 2.48 bits per heavy atom. The first kappa shape index (κ1) is 21.4. The molecule has 0 bridgehead atoms. The molecule has 0 aliphatic rings. The van der Waals surface area contributed by atoms with Crippen LogP contribution in [-0.4, -0.2) is 6.61 Å². The van der Waals surface area contributed by atoms with Gasteiger partial charge in [0.1, 0.15) is 18.2 Å². The number of nitrogens with one attached hydrogen (secondary N) is 1. The van der Waals surface area contributed by atoms with E-state index < -0.39 is 5.82 Å². The van der Waals surface area contributed by atoms with Gasteiger partial charge in [-0.2, -0.15) is 0 Å². The molecule has 0 amide bonds. The molecule has 0 spiro atoms. The van der Waals surface area contributed by atoms with Crippen molar-refractivity contribution in [1.82, 2.24) is 0 Å². The predicted molar refractivity (Wildman–Crippen MR) is 115 cm³/mol. The van der Waals surface area contributed by atoms with E-state index in [4.69, 9.17) is 21.1 Å². The first-order chi connectivity index (χ1) is 14.0. The normalized spacial score (nSPS) is 10.7. The molecule has 0 radical (unpaired) electrons. The van der Waals surface area contributed by atoms with Gasteiger partial charge in [-0.15, -0.1) is 0 Å². The number of anilines is 1. The van der Waals surface area contributed by atoms with Crippen molar-refractivity contribution < 1.29 is 18.3 Å². The maximum atomic E-state index is 14.0. The number of ether oxygens (including phenoxy) is 2. The molecule has 152 valence electrons. The average Bonchev–Trinajstić information content (AvgIpc) is 2.69. The van der Waals surface area contributed by atoms with E-state index in [9.17, 15) is 8.78 Å². The minimum Gasteiger partial charge on any atom is -0.490 e. The average molecular weight is 483 g/mol. The molecule has 29 heavy (non-hydrogen) atoms. The van der Waals surface area contributed by atoms with E-state index in [1.807, 2.05) is 19.1 Å². The van der Waals surface area contributed by atoms with Gasteiger partial charge in [0.2, 0.25) is 0 Å². The highest BCUT2D eigenvalue weighted by Crippen LogP contribution is 2.38. The Kier molecular flexibility index (Phi) is 7.34. The highest BCUT2D eigenvalue weighted by atomic mass is 79.9. The molecule has 0 saturated heterocycles. The smallest absolute Gasteiger partial charge is 0.175 e. The van der Waals surface area contributed by atoms with Crippen molar-refractivity contribution in [2.24, 2.45) is 0 Å². The Hall–Kier alpha value is -2.31. The van der Waals surface area contributed by atoms with Gasteiger partial charge in [0.05, 0.1) is 16.1 Å². The van der Waals surface area contributed by atoms with Gasteiger partial charge in [-0.25, -0.2) is 8.78 Å². The predicted octanol–water partition coefficient (Wildman–Crippen LogP) is 6.97. The molecule has 0 fully saturated rings. The van der Waals surface area contributed by atoms with E-state index in [0.717, 1.165) is 11.3 Å². The Bertz CT molecular complexity index is 963. The van der Waals surface area contributed by atoms with Crippen LogP contribution in [0.15, 0.2) is 59.1 Å². The van der Waals surface area contributed by atoms with Crippen molar-refractivity contribution in [3.63, 3.8) is 0 Å². The van der Waals surface area contributed by atoms with Crippen LogP contribution in [0.1, 0.15) is 18.1 Å². The third-order valence-corrected chi connectivity index (χ3v) is 5.08. The standard InChI is InChI=1S/C22H19BrClF2NO2/c1-2-28-21-11-14(12-27-16-8-6-15(25)7-9-16)10-18(23)22(21)29-13-17-19(24)4-3-5-20(17)26/h3-11,27H,2,12-13H2,1H3. The summed E-state index contributed by atoms with van der Waals surface area (Å²) in [4.78, 5) is 0. The summed E-state index contributed by atoms with van der Waals surface area (Å²) in [6.07, 6.45) is 0. The van der Waals surface area contributed by atoms with Gasteiger partial charge < -0.3 is 14.8 Å². The summed E-state index contributed by atoms with van der Waals surface area (Å²) in [5.74, 6) is 0.294. The zero-order valence-electron chi connectivity index (χ0n) is 15.6. The van der Waals surface area contributed by atoms with Gasteiger partial charge >= 0.3 is 0 Å². The Morgan fingerprint density at radius 1 is 1.03 bits per heavy atom. The van der Waals surface area contributed by atoms with Crippen LogP contribution in [0.4, 0.5) is 14.5 Å². The Labute approximate surface area is 181 Å². The lowest BCUT2D eigenvalue weighted by atomic mass is 10.2. The van der Waals surface area contributed by atoms with Gasteiger partial charge in [-0.3, -0.25) is 0 Å². The fourth-order valence-corrected chi connectivity index (χ4v) is 3.53. The minimum atomic E-state index is -0.424. The van der Waals surface area contributed by atoms with E-state index in [1.54, 1.807) is 24.3 Å². The van der Waals surface area contributed by atoms with Gasteiger partial charge in [-0.1, -0.05) is 17.7 Å². The first-order valence-corrected chi connectivity index (χ1v) is 10.2. The van der Waals surface area contributed by atoms with Crippen molar-refractivity contribution in [3.8, 4) is 11.5 Å². The summed E-state index contributed by atoms with van der Waals surface area (Å²) in [6.45, 7) is 2.79. The maximum Gasteiger partial charge on any atom is 0.175 e. The fourth-order valence-electron chi connectivity index (χ4n) is 2.71. The summed E-state index contributed by atoms with van der Waals surface area (Å²) in [5.41, 5.74) is 2.02. The molecule has 3 rings (SSSR count). The number of halogens is 4. The second kappa shape index (κ2) is 9.94. The monoisotopic (exact) mass is 481 g/mol. The quantitative estimate of drug-likeness (QED) is 0.376. The van der Waals surface area contributed by atoms with E-state index in [1.165, 1.54) is 18.2 Å². The molecule has 3 aromatic rings. The molecule has 1 N–H and O–H groups in total. The molecule has 0 aliphatic heterocycles. The topological polar surface area (TPSA) is 30.5 Å². The number of rotatable bonds is 8. The number of hydrogen-bond acceptors (Lipinski definition) is 3. The molecule has 0 aromatic heterocycles. The van der Waals surface area contributed by atoms with Crippen molar-refractivity contribution in [3.05, 3.63) is 86.9 Å². The third kappa shape index (κ3) is 5.61. The van der Waals surface area contributed by atoms with Crippen LogP contribution >= 0.6 is 27.5 Å². The summed E-state index contributed by atoms with van der Waals surface area (Å²) in [6, 6.07) is 14.4. The summed E-state index contributed by atoms with van der Waals surface area (Å²) >= 11 is 9.58. The van der Waals surface area contributed by atoms with Gasteiger partial charge in [0.15, 0.2) is 11.5 Å². The van der Waals surface area contributed by atoms with E-state index >= 15 is 0 Å². The Morgan fingerprint density at radius 2 is 1.79 bits per heavy atom. The van der Waals surface area contributed by atoms with E-state index in [-0.39, 0.29) is 18.0 Å². The maximum absolute atomic E-state index is 14.0. The van der Waals surface area contributed by atoms with Crippen molar-refractivity contribution in [2.75, 3.05) is 11.9 Å². The van der Waals surface area contributed by atoms with Crippen LogP contribution in [0.3, 0.4) is 0 Å². The SMILES string of the molecule is CCOc1cc(CNc2ccc(F)cc2)cc(Br)c1OCc1c(F)cccc1Cl. The lowest BCUT2D eigenvalue weighted by Crippen LogP contribution is -2.05. The first-order valence-electron chi connectivity index (χ1n) is 8.98. The Balaban J connectivity index is 1.77. The second-order valence-corrected chi connectivity index (χ2v) is 7.45. The molecule has 0 saturated carbocycles. The van der Waals surface area contributed by atoms with E-state index in [2.05, 4.69) is 21.2 Å². The molecule has 0 aliphatic carbocycles. The van der Waals surface area contributed by atoms with Crippen LogP contribution in [0.2, 0.25) is 5.02 Å². The zero-order valence-corrected chi connectivity index (χ0v) is 18.0. The minimum absolute atomic E-state index is 0.0304. The van der Waals surface area contributed by atoms with Crippen molar-refractivity contribution >= 4 is 33.2 Å². The highest BCUT2D eigenvalue weighted by Gasteiger charge is 2.15. The molecule has 7 heteroatoms. The van der Waals surface area contributed by atoms with Crippen molar-refractivity contribution in [2.45, 2.75) is 20.1 Å². The van der Waals surface area contributed by atoms with Gasteiger partial charge in [0.25, 0.3) is 0 Å². The van der Waals surface area contributed by atoms with Gasteiger partial charge in [-0.05, 0) is 76.9 Å². The summed E-state index contributed by atoms with van der Waals surface area (Å²) < 4.78 is 39.3. The molecular formula is C22H19BrClF2NO2. The van der Waals surface area contributed by atoms with Crippen LogP contribution in [-0.2, 0) is 13.2 Å². The summed E-state index contributed by atoms with van der Waals surface area (Å²) in [5, 5.41) is 3.53. The fraction of sp³-hybridized carbons (Fsp3) is 0.182. The molecular weight excluding hydrogens is 464 g/mol. The van der Waals surface area contributed by atoms with Crippen LogP contribution in [0.5, 0.6) is 11.5 Å². The van der Waals surface area contributed by atoms with E-state index in [0.29, 0.717) is 34.1 Å². The molecule has 3 aromatic carbocycles. The molecule has 0 atom stereocenters. The largest absolute Gasteiger partial charge is 0.490 e. The number of benzene rings is 3. The molecule has 3 nitrogen and oxygen atoms in total. The summed E-state index contributed by atoms with van der Waals surface area (Å²) in [7, 11) is 0. The van der Waals surface area contributed by atoms with Crippen LogP contribution in [0, 0.1) is 11.6 Å². The van der Waals surface area contributed by atoms with Crippen LogP contribution in [0.25, 0.3) is 0 Å². The molecule has 0 heterocycles. The highest BCUT2D eigenvalue weighted by molar-refractivity contribution is 9.10. The lowest BCUT2D eigenvalue weighted by molar-refractivity contribution is 0.264. The number of hydrogen-bond donors (Lipinski definition) is 1. The van der Waals surface area contributed by atoms with Crippen LogP contribution < -0.4 is 14.8 Å². The zero-order chi connectivity index (χ0) is 20.8. The lowest BCUT2D eigenvalue weighted by Gasteiger charge is -2.17. The molecule has 0 unspecified atom stereocenters. The van der Waals surface area contributed by atoms with Gasteiger partial charge in [0, 0.05) is 17.8 Å².